The molecule has 1 unspecified atom stereocenters. The van der Waals surface area contributed by atoms with Gasteiger partial charge in [-0.3, -0.25) is 10.1 Å². The molecule has 1 N–H and O–H groups in total. The Hall–Kier alpha value is -1.28. The average Bonchev–Trinajstić information content (AvgIpc) is 2.27. The molecule has 0 aliphatic carbocycles. The quantitative estimate of drug-likeness (QED) is 0.640. The maximum atomic E-state index is 11.6. The SMILES string of the molecule is CSCC(C)Nc1ccc([N+](=O)[O-])c(S(C)(=O)=O)c1. The third-order valence-corrected chi connectivity index (χ3v) is 4.34. The second-order valence-corrected chi connectivity index (χ2v) is 7.11. The molecule has 0 saturated heterocycles. The summed E-state index contributed by atoms with van der Waals surface area (Å²) in [6.45, 7) is 1.96. The Kier molecular flexibility index (Phi) is 5.19. The predicted molar refractivity (Wildman–Crippen MR) is 77.7 cm³/mol. The van der Waals surface area contributed by atoms with E-state index in [9.17, 15) is 18.5 Å². The van der Waals surface area contributed by atoms with E-state index in [2.05, 4.69) is 5.32 Å². The smallest absolute Gasteiger partial charge is 0.288 e. The Morgan fingerprint density at radius 3 is 2.58 bits per heavy atom. The molecule has 1 rings (SSSR count). The number of rotatable bonds is 6. The van der Waals surface area contributed by atoms with Gasteiger partial charge in [-0.2, -0.15) is 11.8 Å². The van der Waals surface area contributed by atoms with Crippen LogP contribution < -0.4 is 5.32 Å². The molecule has 0 saturated carbocycles. The summed E-state index contributed by atoms with van der Waals surface area (Å²) in [5.41, 5.74) is 0.165. The molecule has 0 amide bonds. The number of benzene rings is 1. The van der Waals surface area contributed by atoms with Crippen LogP contribution >= 0.6 is 11.8 Å². The molecule has 0 aliphatic rings. The number of hydrogen-bond donors (Lipinski definition) is 1. The van der Waals surface area contributed by atoms with Gasteiger partial charge in [0.15, 0.2) is 9.84 Å². The van der Waals surface area contributed by atoms with Crippen molar-refractivity contribution in [2.24, 2.45) is 0 Å². The topological polar surface area (TPSA) is 89.3 Å². The van der Waals surface area contributed by atoms with Gasteiger partial charge in [-0.15, -0.1) is 0 Å². The molecule has 1 atom stereocenters. The zero-order chi connectivity index (χ0) is 14.6. The molecule has 0 fully saturated rings. The Morgan fingerprint density at radius 2 is 2.11 bits per heavy atom. The van der Waals surface area contributed by atoms with E-state index in [0.29, 0.717) is 5.69 Å². The molecule has 0 spiro atoms. The maximum Gasteiger partial charge on any atom is 0.288 e. The van der Waals surface area contributed by atoms with Crippen LogP contribution in [0, 0.1) is 10.1 Å². The van der Waals surface area contributed by atoms with E-state index < -0.39 is 20.4 Å². The minimum absolute atomic E-state index is 0.142. The zero-order valence-electron chi connectivity index (χ0n) is 10.9. The average molecular weight is 304 g/mol. The minimum atomic E-state index is -3.64. The number of nitrogens with zero attached hydrogens (tertiary/aromatic N) is 1. The second kappa shape index (κ2) is 6.25. The van der Waals surface area contributed by atoms with E-state index in [1.807, 2.05) is 13.2 Å². The second-order valence-electron chi connectivity index (χ2n) is 4.21. The van der Waals surface area contributed by atoms with Crippen LogP contribution in [0.3, 0.4) is 0 Å². The van der Waals surface area contributed by atoms with Crippen LogP contribution in [0.2, 0.25) is 0 Å². The molecule has 0 heterocycles. The van der Waals surface area contributed by atoms with E-state index >= 15 is 0 Å². The molecular formula is C11H16N2O4S2. The van der Waals surface area contributed by atoms with Gasteiger partial charge in [0.25, 0.3) is 5.69 Å². The summed E-state index contributed by atoms with van der Waals surface area (Å²) in [5.74, 6) is 0.852. The summed E-state index contributed by atoms with van der Waals surface area (Å²) in [6.07, 6.45) is 2.93. The van der Waals surface area contributed by atoms with Gasteiger partial charge in [-0.05, 0) is 25.3 Å². The van der Waals surface area contributed by atoms with E-state index in [4.69, 9.17) is 0 Å². The third kappa shape index (κ3) is 4.39. The van der Waals surface area contributed by atoms with Gasteiger partial charge >= 0.3 is 0 Å². The van der Waals surface area contributed by atoms with Gasteiger partial charge in [0.1, 0.15) is 4.90 Å². The lowest BCUT2D eigenvalue weighted by atomic mass is 10.2. The van der Waals surface area contributed by atoms with Crippen molar-refractivity contribution in [3.05, 3.63) is 28.3 Å². The van der Waals surface area contributed by atoms with Crippen LogP contribution in [0.5, 0.6) is 0 Å². The minimum Gasteiger partial charge on any atom is -0.382 e. The van der Waals surface area contributed by atoms with Crippen LogP contribution in [0.25, 0.3) is 0 Å². The Labute approximate surface area is 116 Å². The van der Waals surface area contributed by atoms with Gasteiger partial charge in [0, 0.05) is 29.8 Å². The number of sulfone groups is 1. The fourth-order valence-corrected chi connectivity index (χ4v) is 3.07. The summed E-state index contributed by atoms with van der Waals surface area (Å²) in [5, 5.41) is 13.9. The first kappa shape index (κ1) is 15.8. The largest absolute Gasteiger partial charge is 0.382 e. The van der Waals surface area contributed by atoms with E-state index in [-0.39, 0.29) is 10.9 Å². The van der Waals surface area contributed by atoms with E-state index in [1.165, 1.54) is 18.2 Å². The molecule has 6 nitrogen and oxygen atoms in total. The highest BCUT2D eigenvalue weighted by molar-refractivity contribution is 7.98. The van der Waals surface area contributed by atoms with Gasteiger partial charge in [-0.25, -0.2) is 8.42 Å². The van der Waals surface area contributed by atoms with Crippen LogP contribution in [0.15, 0.2) is 23.1 Å². The predicted octanol–water partition coefficient (Wildman–Crippen LogP) is 2.16. The lowest BCUT2D eigenvalue weighted by molar-refractivity contribution is -0.387. The van der Waals surface area contributed by atoms with Crippen molar-refractivity contribution in [3.63, 3.8) is 0 Å². The van der Waals surface area contributed by atoms with Crippen LogP contribution in [0.1, 0.15) is 6.92 Å². The van der Waals surface area contributed by atoms with Crippen molar-refractivity contribution < 1.29 is 13.3 Å². The van der Waals surface area contributed by atoms with Crippen molar-refractivity contribution >= 4 is 33.0 Å². The first-order valence-electron chi connectivity index (χ1n) is 5.49. The summed E-state index contributed by atoms with van der Waals surface area (Å²) in [6, 6.07) is 4.18. The lowest BCUT2D eigenvalue weighted by Crippen LogP contribution is -2.18. The van der Waals surface area contributed by atoms with E-state index in [1.54, 1.807) is 11.8 Å². The summed E-state index contributed by atoms with van der Waals surface area (Å²) < 4.78 is 23.2. The molecule has 0 bridgehead atoms. The Balaban J connectivity index is 3.16. The summed E-state index contributed by atoms with van der Waals surface area (Å²) >= 11 is 1.66. The number of nitro groups is 1. The normalized spacial score (nSPS) is 13.0. The third-order valence-electron chi connectivity index (χ3n) is 2.39. The first-order chi connectivity index (χ1) is 8.75. The van der Waals surface area contributed by atoms with Crippen LogP contribution in [-0.4, -0.2) is 37.6 Å². The standard InChI is InChI=1S/C11H16N2O4S2/c1-8(7-18-2)12-9-4-5-10(13(14)15)11(6-9)19(3,16)17/h4-6,8,12H,7H2,1-3H3. The zero-order valence-corrected chi connectivity index (χ0v) is 12.5. The van der Waals surface area contributed by atoms with Gasteiger partial charge in [0.05, 0.1) is 4.92 Å². The Morgan fingerprint density at radius 1 is 1.47 bits per heavy atom. The van der Waals surface area contributed by atoms with Crippen molar-refractivity contribution in [3.8, 4) is 0 Å². The monoisotopic (exact) mass is 304 g/mol. The van der Waals surface area contributed by atoms with Gasteiger partial charge in [0.2, 0.25) is 0 Å². The maximum absolute atomic E-state index is 11.6. The highest BCUT2D eigenvalue weighted by atomic mass is 32.2. The summed E-state index contributed by atoms with van der Waals surface area (Å²) in [7, 11) is -3.64. The fraction of sp³-hybridized carbons (Fsp3) is 0.455. The van der Waals surface area contributed by atoms with Crippen LogP contribution in [-0.2, 0) is 9.84 Å². The number of nitrogens with one attached hydrogen (secondary N) is 1. The molecule has 106 valence electrons. The lowest BCUT2D eigenvalue weighted by Gasteiger charge is -2.14. The molecule has 1 aromatic rings. The highest BCUT2D eigenvalue weighted by Crippen LogP contribution is 2.27. The van der Waals surface area contributed by atoms with Crippen molar-refractivity contribution in [1.82, 2.24) is 0 Å². The first-order valence-corrected chi connectivity index (χ1v) is 8.78. The number of anilines is 1. The molecule has 8 heteroatoms. The highest BCUT2D eigenvalue weighted by Gasteiger charge is 2.22. The number of hydrogen-bond acceptors (Lipinski definition) is 6. The van der Waals surface area contributed by atoms with Gasteiger partial charge in [-0.1, -0.05) is 0 Å². The molecule has 0 radical (unpaired) electrons. The van der Waals surface area contributed by atoms with Crippen molar-refractivity contribution in [2.45, 2.75) is 17.9 Å². The van der Waals surface area contributed by atoms with Gasteiger partial charge < -0.3 is 5.32 Å². The molecular weight excluding hydrogens is 288 g/mol. The molecule has 0 aromatic heterocycles. The fourth-order valence-electron chi connectivity index (χ4n) is 1.63. The summed E-state index contributed by atoms with van der Waals surface area (Å²) in [4.78, 5) is 9.87. The van der Waals surface area contributed by atoms with Crippen molar-refractivity contribution in [2.75, 3.05) is 23.6 Å². The number of thioether (sulfide) groups is 1. The number of nitro benzene ring substituents is 1. The molecule has 0 aliphatic heterocycles. The van der Waals surface area contributed by atoms with E-state index in [0.717, 1.165) is 12.0 Å². The van der Waals surface area contributed by atoms with Crippen LogP contribution in [0.4, 0.5) is 11.4 Å². The molecule has 19 heavy (non-hydrogen) atoms. The van der Waals surface area contributed by atoms with Crippen molar-refractivity contribution in [1.29, 1.82) is 0 Å². The Bertz CT molecular complexity index is 572. The molecule has 1 aromatic carbocycles.